The Labute approximate surface area is 205 Å². The molecule has 4 aromatic rings. The number of aromatic amines is 1. The van der Waals surface area contributed by atoms with Crippen molar-refractivity contribution in [3.63, 3.8) is 0 Å². The maximum absolute atomic E-state index is 13.0. The minimum atomic E-state index is -4.69. The molecule has 0 atom stereocenters. The van der Waals surface area contributed by atoms with Crippen molar-refractivity contribution in [1.29, 1.82) is 0 Å². The van der Waals surface area contributed by atoms with Gasteiger partial charge in [0.1, 0.15) is 5.82 Å². The van der Waals surface area contributed by atoms with Crippen molar-refractivity contribution in [3.05, 3.63) is 70.8 Å². The van der Waals surface area contributed by atoms with Gasteiger partial charge in [-0.05, 0) is 79.6 Å². The molecule has 1 aliphatic rings. The molecule has 7 nitrogen and oxygen atoms in total. The minimum absolute atomic E-state index is 0.230. The molecule has 1 saturated heterocycles. The number of imidazole rings is 1. The van der Waals surface area contributed by atoms with Crippen LogP contribution in [0.4, 0.5) is 18.9 Å². The average Bonchev–Trinajstić information content (AvgIpc) is 3.25. The number of rotatable bonds is 4. The first-order valence-electron chi connectivity index (χ1n) is 11.6. The molecule has 0 saturated carbocycles. The quantitative estimate of drug-likeness (QED) is 0.373. The van der Waals surface area contributed by atoms with Crippen molar-refractivity contribution in [2.45, 2.75) is 38.8 Å². The van der Waals surface area contributed by atoms with Gasteiger partial charge < -0.3 is 15.0 Å². The Bertz CT molecular complexity index is 1440. The Morgan fingerprint density at radius 2 is 1.86 bits per heavy atom. The number of nitrogens with one attached hydrogen (secondary N) is 2. The van der Waals surface area contributed by atoms with E-state index < -0.39 is 17.8 Å². The third-order valence-corrected chi connectivity index (χ3v) is 6.41. The number of aromatic nitrogens is 4. The fraction of sp³-hybridized carbons (Fsp3) is 0.308. The fourth-order valence-electron chi connectivity index (χ4n) is 4.56. The third kappa shape index (κ3) is 4.81. The van der Waals surface area contributed by atoms with E-state index in [1.54, 1.807) is 6.07 Å². The van der Waals surface area contributed by atoms with Crippen LogP contribution in [0.15, 0.2) is 42.6 Å². The molecule has 2 aromatic carbocycles. The normalized spacial score (nSPS) is 14.8. The number of benzene rings is 2. The molecule has 1 amide bonds. The first-order chi connectivity index (χ1) is 17.2. The number of fused-ring (bicyclic) bond motifs is 1. The molecule has 0 bridgehead atoms. The van der Waals surface area contributed by atoms with Gasteiger partial charge in [-0.25, -0.2) is 4.98 Å². The zero-order chi connectivity index (χ0) is 25.4. The van der Waals surface area contributed by atoms with Crippen molar-refractivity contribution < 1.29 is 22.7 Å². The van der Waals surface area contributed by atoms with Gasteiger partial charge in [-0.3, -0.25) is 4.79 Å². The van der Waals surface area contributed by atoms with Gasteiger partial charge in [0.25, 0.3) is 5.91 Å². The summed E-state index contributed by atoms with van der Waals surface area (Å²) in [5.74, 6) is 0.459. The molecule has 1 fully saturated rings. The van der Waals surface area contributed by atoms with E-state index in [0.717, 1.165) is 65.8 Å². The Balaban J connectivity index is 1.52. The summed E-state index contributed by atoms with van der Waals surface area (Å²) in [5.41, 5.74) is 4.73. The van der Waals surface area contributed by atoms with E-state index in [1.165, 1.54) is 5.56 Å². The molecule has 0 spiro atoms. The van der Waals surface area contributed by atoms with Gasteiger partial charge in [0.2, 0.25) is 0 Å². The molecule has 10 heteroatoms. The maximum Gasteiger partial charge on any atom is 0.435 e. The number of H-pyrrole nitrogens is 1. The molecule has 5 rings (SSSR count). The van der Waals surface area contributed by atoms with E-state index in [9.17, 15) is 18.0 Å². The number of amides is 1. The number of aryl methyl sites for hydroxylation is 2. The molecule has 0 radical (unpaired) electrons. The van der Waals surface area contributed by atoms with Crippen LogP contribution in [0.5, 0.6) is 0 Å². The first kappa shape index (κ1) is 23.9. The number of carbonyl (C=O) groups excluding carboxylic acids is 1. The third-order valence-electron chi connectivity index (χ3n) is 6.41. The molecule has 186 valence electrons. The zero-order valence-electron chi connectivity index (χ0n) is 19.7. The molecule has 36 heavy (non-hydrogen) atoms. The van der Waals surface area contributed by atoms with Crippen LogP contribution in [0.25, 0.3) is 22.2 Å². The van der Waals surface area contributed by atoms with Crippen LogP contribution >= 0.6 is 0 Å². The summed E-state index contributed by atoms with van der Waals surface area (Å²) in [5, 5.41) is 9.09. The highest BCUT2D eigenvalue weighted by molar-refractivity contribution is 6.04. The number of nitrogens with zero attached hydrogens (tertiary/aromatic N) is 3. The highest BCUT2D eigenvalue weighted by atomic mass is 19.4. The van der Waals surface area contributed by atoms with Crippen molar-refractivity contribution in [2.24, 2.45) is 0 Å². The van der Waals surface area contributed by atoms with E-state index in [-0.39, 0.29) is 5.56 Å². The molecular formula is C26H24F3N5O2. The van der Waals surface area contributed by atoms with Crippen LogP contribution in [0.1, 0.15) is 51.8 Å². The van der Waals surface area contributed by atoms with Gasteiger partial charge in [0.05, 0.1) is 22.8 Å². The Hall–Kier alpha value is -3.79. The number of hydrogen-bond donors (Lipinski definition) is 2. The summed E-state index contributed by atoms with van der Waals surface area (Å²) in [4.78, 5) is 20.8. The van der Waals surface area contributed by atoms with Gasteiger partial charge in [-0.15, -0.1) is 5.10 Å². The van der Waals surface area contributed by atoms with Gasteiger partial charge in [-0.1, -0.05) is 6.07 Å². The summed E-state index contributed by atoms with van der Waals surface area (Å²) >= 11 is 0. The Kier molecular flexibility index (Phi) is 6.21. The fourth-order valence-corrected chi connectivity index (χ4v) is 4.56. The van der Waals surface area contributed by atoms with Crippen LogP contribution in [0, 0.1) is 13.8 Å². The highest BCUT2D eigenvalue weighted by Crippen LogP contribution is 2.37. The summed E-state index contributed by atoms with van der Waals surface area (Å²) in [6.07, 6.45) is -1.81. The second-order valence-electron chi connectivity index (χ2n) is 8.98. The van der Waals surface area contributed by atoms with Crippen molar-refractivity contribution in [1.82, 2.24) is 20.2 Å². The van der Waals surface area contributed by atoms with Crippen molar-refractivity contribution in [3.8, 4) is 11.1 Å². The van der Waals surface area contributed by atoms with Crippen molar-refractivity contribution >= 4 is 22.6 Å². The van der Waals surface area contributed by atoms with E-state index in [1.807, 2.05) is 26.0 Å². The predicted molar refractivity (Wildman–Crippen MR) is 129 cm³/mol. The average molecular weight is 496 g/mol. The number of carbonyl (C=O) groups is 1. The summed E-state index contributed by atoms with van der Waals surface area (Å²) in [7, 11) is 0. The molecule has 0 unspecified atom stereocenters. The molecule has 2 N–H and O–H groups in total. The lowest BCUT2D eigenvalue weighted by molar-refractivity contribution is -0.141. The number of ether oxygens (including phenoxy) is 1. The molecule has 1 aliphatic heterocycles. The highest BCUT2D eigenvalue weighted by Gasteiger charge is 2.33. The number of hydrogen-bond acceptors (Lipinski definition) is 5. The van der Waals surface area contributed by atoms with E-state index in [2.05, 4.69) is 32.6 Å². The number of alkyl halides is 3. The Morgan fingerprint density at radius 3 is 2.61 bits per heavy atom. The SMILES string of the molecule is Cc1nc2c(-c3cc(NC(=O)c4cnnc(C(F)(F)F)c4)ccc3C)cc(C3CCOCC3)cc2[nH]1. The monoisotopic (exact) mass is 495 g/mol. The Morgan fingerprint density at radius 1 is 1.08 bits per heavy atom. The molecule has 3 heterocycles. The van der Waals surface area contributed by atoms with Gasteiger partial charge in [0.15, 0.2) is 5.69 Å². The van der Waals surface area contributed by atoms with Crippen LogP contribution in [0.2, 0.25) is 0 Å². The van der Waals surface area contributed by atoms with Crippen molar-refractivity contribution in [2.75, 3.05) is 18.5 Å². The molecule has 2 aromatic heterocycles. The topological polar surface area (TPSA) is 92.8 Å². The standard InChI is InChI=1S/C26H24F3N5O2/c1-14-3-4-19(33-25(35)18-11-23(26(27,28)29)34-30-13-18)12-20(14)21-9-17(16-5-7-36-8-6-16)10-22-24(21)32-15(2)31-22/h3-4,9-13,16H,5-8H2,1-2H3,(H,31,32)(H,33,35). The van der Waals surface area contributed by atoms with E-state index >= 15 is 0 Å². The largest absolute Gasteiger partial charge is 0.435 e. The second kappa shape index (κ2) is 9.34. The lowest BCUT2D eigenvalue weighted by atomic mass is 9.88. The summed E-state index contributed by atoms with van der Waals surface area (Å²) in [6.45, 7) is 5.32. The second-order valence-corrected chi connectivity index (χ2v) is 8.98. The molecular weight excluding hydrogens is 471 g/mol. The van der Waals surface area contributed by atoms with Crippen LogP contribution in [-0.4, -0.2) is 39.3 Å². The summed E-state index contributed by atoms with van der Waals surface area (Å²) < 4.78 is 44.5. The minimum Gasteiger partial charge on any atom is -0.381 e. The van der Waals surface area contributed by atoms with Crippen LogP contribution in [-0.2, 0) is 10.9 Å². The summed E-state index contributed by atoms with van der Waals surface area (Å²) in [6, 6.07) is 10.4. The van der Waals surface area contributed by atoms with E-state index in [4.69, 9.17) is 9.72 Å². The first-order valence-corrected chi connectivity index (χ1v) is 11.6. The maximum atomic E-state index is 13.0. The van der Waals surface area contributed by atoms with Gasteiger partial charge >= 0.3 is 6.18 Å². The van der Waals surface area contributed by atoms with Crippen LogP contribution in [0.3, 0.4) is 0 Å². The molecule has 0 aliphatic carbocycles. The predicted octanol–water partition coefficient (Wildman–Crippen LogP) is 5.80. The van der Waals surface area contributed by atoms with Gasteiger partial charge in [0, 0.05) is 24.5 Å². The lowest BCUT2D eigenvalue weighted by Crippen LogP contribution is -2.16. The smallest absolute Gasteiger partial charge is 0.381 e. The zero-order valence-corrected chi connectivity index (χ0v) is 19.7. The van der Waals surface area contributed by atoms with Gasteiger partial charge in [-0.2, -0.15) is 18.3 Å². The number of anilines is 1. The lowest BCUT2D eigenvalue weighted by Gasteiger charge is -2.23. The van der Waals surface area contributed by atoms with Crippen LogP contribution < -0.4 is 5.32 Å². The number of halogens is 3. The van der Waals surface area contributed by atoms with E-state index in [0.29, 0.717) is 17.7 Å².